The number of fused-ring (bicyclic) bond motifs is 1. The fraction of sp³-hybridized carbons (Fsp3) is 0.429. The van der Waals surface area contributed by atoms with Crippen molar-refractivity contribution in [1.82, 2.24) is 10.3 Å². The predicted molar refractivity (Wildman–Crippen MR) is 71.2 cm³/mol. The Bertz CT molecular complexity index is 488. The van der Waals surface area contributed by atoms with Crippen LogP contribution in [0.3, 0.4) is 0 Å². The number of aliphatic hydroxyl groups excluding tert-OH is 1. The van der Waals surface area contributed by atoms with E-state index in [0.29, 0.717) is 0 Å². The van der Waals surface area contributed by atoms with Crippen molar-refractivity contribution in [2.75, 3.05) is 13.2 Å². The number of H-pyrrole nitrogens is 1. The zero-order chi connectivity index (χ0) is 12.3. The highest BCUT2D eigenvalue weighted by Crippen LogP contribution is 2.17. The van der Waals surface area contributed by atoms with Crippen LogP contribution in [0.5, 0.6) is 0 Å². The van der Waals surface area contributed by atoms with Crippen molar-refractivity contribution in [3.8, 4) is 0 Å². The zero-order valence-corrected chi connectivity index (χ0v) is 10.5. The molecule has 3 N–H and O–H groups in total. The number of benzene rings is 1. The Balaban J connectivity index is 2.00. The first-order chi connectivity index (χ1) is 8.12. The average molecular weight is 232 g/mol. The number of aliphatic hydroxyl groups is 1. The van der Waals surface area contributed by atoms with Crippen LogP contribution in [0.2, 0.25) is 0 Å². The molecule has 2 rings (SSSR count). The third-order valence-electron chi connectivity index (χ3n) is 3.07. The molecule has 1 aromatic carbocycles. The Morgan fingerprint density at radius 2 is 2.06 bits per heavy atom. The van der Waals surface area contributed by atoms with E-state index in [2.05, 4.69) is 34.7 Å². The first-order valence-corrected chi connectivity index (χ1v) is 6.03. The number of hydrogen-bond acceptors (Lipinski definition) is 2. The molecular formula is C14H20N2O. The Morgan fingerprint density at radius 3 is 2.82 bits per heavy atom. The Labute approximate surface area is 102 Å². The summed E-state index contributed by atoms with van der Waals surface area (Å²) in [6.45, 7) is 5.03. The van der Waals surface area contributed by atoms with Gasteiger partial charge in [0.15, 0.2) is 0 Å². The van der Waals surface area contributed by atoms with Gasteiger partial charge >= 0.3 is 0 Å². The van der Waals surface area contributed by atoms with Gasteiger partial charge in [-0.05, 0) is 38.4 Å². The molecule has 3 heteroatoms. The molecule has 3 nitrogen and oxygen atoms in total. The van der Waals surface area contributed by atoms with Crippen molar-refractivity contribution in [3.05, 3.63) is 36.0 Å². The van der Waals surface area contributed by atoms with Crippen LogP contribution >= 0.6 is 0 Å². The topological polar surface area (TPSA) is 48.0 Å². The van der Waals surface area contributed by atoms with Gasteiger partial charge in [-0.2, -0.15) is 0 Å². The maximum absolute atomic E-state index is 9.15. The minimum atomic E-state index is -0.202. The van der Waals surface area contributed by atoms with Gasteiger partial charge < -0.3 is 15.4 Å². The number of para-hydroxylation sites is 1. The van der Waals surface area contributed by atoms with Crippen LogP contribution in [0.25, 0.3) is 10.9 Å². The third-order valence-corrected chi connectivity index (χ3v) is 3.07. The van der Waals surface area contributed by atoms with Crippen LogP contribution in [-0.4, -0.2) is 28.8 Å². The maximum atomic E-state index is 9.15. The lowest BCUT2D eigenvalue weighted by molar-refractivity contribution is 0.189. The number of aromatic amines is 1. The van der Waals surface area contributed by atoms with Crippen LogP contribution in [-0.2, 0) is 6.42 Å². The monoisotopic (exact) mass is 232 g/mol. The van der Waals surface area contributed by atoms with E-state index >= 15 is 0 Å². The van der Waals surface area contributed by atoms with Crippen molar-refractivity contribution in [1.29, 1.82) is 0 Å². The van der Waals surface area contributed by atoms with Crippen LogP contribution in [0.15, 0.2) is 30.5 Å². The summed E-state index contributed by atoms with van der Waals surface area (Å²) < 4.78 is 0. The lowest BCUT2D eigenvalue weighted by Crippen LogP contribution is -2.43. The van der Waals surface area contributed by atoms with Crippen molar-refractivity contribution >= 4 is 10.9 Å². The summed E-state index contributed by atoms with van der Waals surface area (Å²) in [6.07, 6.45) is 3.03. The summed E-state index contributed by atoms with van der Waals surface area (Å²) in [5.41, 5.74) is 2.30. The molecule has 0 radical (unpaired) electrons. The van der Waals surface area contributed by atoms with Crippen molar-refractivity contribution < 1.29 is 5.11 Å². The molecule has 0 fully saturated rings. The molecule has 0 amide bonds. The summed E-state index contributed by atoms with van der Waals surface area (Å²) in [5.74, 6) is 0. The van der Waals surface area contributed by atoms with Crippen molar-refractivity contribution in [2.24, 2.45) is 0 Å². The Hall–Kier alpha value is -1.32. The molecule has 0 aliphatic carbocycles. The van der Waals surface area contributed by atoms with Crippen molar-refractivity contribution in [3.63, 3.8) is 0 Å². The number of rotatable bonds is 5. The minimum absolute atomic E-state index is 0.154. The second-order valence-electron chi connectivity index (χ2n) is 5.08. The summed E-state index contributed by atoms with van der Waals surface area (Å²) in [4.78, 5) is 3.27. The standard InChI is InChI=1S/C14H20N2O/c1-14(2,10-17)16-8-7-11-9-15-13-6-4-3-5-12(11)13/h3-6,9,15-17H,7-8,10H2,1-2H3. The van der Waals surface area contributed by atoms with Crippen LogP contribution in [0.1, 0.15) is 19.4 Å². The van der Waals surface area contributed by atoms with Gasteiger partial charge in [0.2, 0.25) is 0 Å². The van der Waals surface area contributed by atoms with E-state index in [1.165, 1.54) is 16.5 Å². The lowest BCUT2D eigenvalue weighted by atomic mass is 10.1. The van der Waals surface area contributed by atoms with Crippen LogP contribution in [0, 0.1) is 0 Å². The highest BCUT2D eigenvalue weighted by Gasteiger charge is 2.14. The predicted octanol–water partition coefficient (Wildman–Crippen LogP) is 2.07. The van der Waals surface area contributed by atoms with E-state index in [1.54, 1.807) is 0 Å². The molecule has 92 valence electrons. The molecular weight excluding hydrogens is 212 g/mol. The minimum Gasteiger partial charge on any atom is -0.394 e. The van der Waals surface area contributed by atoms with E-state index in [9.17, 15) is 0 Å². The molecule has 17 heavy (non-hydrogen) atoms. The van der Waals surface area contributed by atoms with Gasteiger partial charge in [0, 0.05) is 22.6 Å². The molecule has 0 unspecified atom stereocenters. The maximum Gasteiger partial charge on any atom is 0.0607 e. The van der Waals surface area contributed by atoms with E-state index in [-0.39, 0.29) is 12.1 Å². The molecule has 0 atom stereocenters. The molecule has 0 aliphatic rings. The third kappa shape index (κ3) is 2.87. The second kappa shape index (κ2) is 4.90. The van der Waals surface area contributed by atoms with Gasteiger partial charge in [-0.3, -0.25) is 0 Å². The summed E-state index contributed by atoms with van der Waals surface area (Å²) in [7, 11) is 0. The summed E-state index contributed by atoms with van der Waals surface area (Å²) in [5, 5.41) is 13.8. The number of aromatic nitrogens is 1. The molecule has 0 spiro atoms. The first kappa shape index (κ1) is 12.1. The van der Waals surface area contributed by atoms with Crippen LogP contribution < -0.4 is 5.32 Å². The van der Waals surface area contributed by atoms with Gasteiger partial charge in [0.05, 0.1) is 6.61 Å². The zero-order valence-electron chi connectivity index (χ0n) is 10.5. The lowest BCUT2D eigenvalue weighted by Gasteiger charge is -2.23. The molecule has 0 bridgehead atoms. The SMILES string of the molecule is CC(C)(CO)NCCc1c[nH]c2ccccc12. The normalized spacial score (nSPS) is 12.2. The molecule has 2 aromatic rings. The molecule has 1 heterocycles. The van der Waals surface area contributed by atoms with E-state index in [1.807, 2.05) is 19.9 Å². The van der Waals surface area contributed by atoms with E-state index < -0.39 is 0 Å². The van der Waals surface area contributed by atoms with E-state index in [4.69, 9.17) is 5.11 Å². The second-order valence-corrected chi connectivity index (χ2v) is 5.08. The quantitative estimate of drug-likeness (QED) is 0.739. The summed E-state index contributed by atoms with van der Waals surface area (Å²) in [6, 6.07) is 8.32. The summed E-state index contributed by atoms with van der Waals surface area (Å²) >= 11 is 0. The van der Waals surface area contributed by atoms with Gasteiger partial charge in [0.25, 0.3) is 0 Å². The largest absolute Gasteiger partial charge is 0.394 e. The Morgan fingerprint density at radius 1 is 1.29 bits per heavy atom. The molecule has 0 saturated heterocycles. The fourth-order valence-electron chi connectivity index (χ4n) is 1.93. The van der Waals surface area contributed by atoms with Gasteiger partial charge in [-0.25, -0.2) is 0 Å². The van der Waals surface area contributed by atoms with Gasteiger partial charge in [-0.1, -0.05) is 18.2 Å². The first-order valence-electron chi connectivity index (χ1n) is 6.03. The highest BCUT2D eigenvalue weighted by atomic mass is 16.3. The average Bonchev–Trinajstić information content (AvgIpc) is 2.73. The molecule has 1 aromatic heterocycles. The molecule has 0 saturated carbocycles. The number of nitrogens with one attached hydrogen (secondary N) is 2. The van der Waals surface area contributed by atoms with Crippen molar-refractivity contribution in [2.45, 2.75) is 25.8 Å². The van der Waals surface area contributed by atoms with Gasteiger partial charge in [-0.15, -0.1) is 0 Å². The number of hydrogen-bond donors (Lipinski definition) is 3. The molecule has 0 aliphatic heterocycles. The van der Waals surface area contributed by atoms with E-state index in [0.717, 1.165) is 13.0 Å². The fourth-order valence-corrected chi connectivity index (χ4v) is 1.93. The van der Waals surface area contributed by atoms with Crippen LogP contribution in [0.4, 0.5) is 0 Å². The Kier molecular flexibility index (Phi) is 3.50. The smallest absolute Gasteiger partial charge is 0.0607 e. The van der Waals surface area contributed by atoms with Gasteiger partial charge in [0.1, 0.15) is 0 Å². The highest BCUT2D eigenvalue weighted by molar-refractivity contribution is 5.83.